The Bertz CT molecular complexity index is 131. The number of rotatable bonds is 4. The summed E-state index contributed by atoms with van der Waals surface area (Å²) in [7, 11) is 1.72. The minimum atomic E-state index is -0.823. The second-order valence-electron chi connectivity index (χ2n) is 2.08. The van der Waals surface area contributed by atoms with E-state index in [0.717, 1.165) is 4.48 Å². The van der Waals surface area contributed by atoms with Gasteiger partial charge in [-0.15, -0.1) is 0 Å². The van der Waals surface area contributed by atoms with Gasteiger partial charge < -0.3 is 5.11 Å². The van der Waals surface area contributed by atoms with Gasteiger partial charge in [0.05, 0.1) is 6.54 Å². The normalized spacial score (nSPS) is 9.90. The van der Waals surface area contributed by atoms with E-state index in [1.165, 1.54) is 0 Å². The highest BCUT2D eigenvalue weighted by Crippen LogP contribution is 2.01. The first kappa shape index (κ1) is 9.65. The Morgan fingerprint density at radius 2 is 2.20 bits per heavy atom. The van der Waals surface area contributed by atoms with E-state index in [1.807, 2.05) is 0 Å². The van der Waals surface area contributed by atoms with Crippen LogP contribution in [0.4, 0.5) is 0 Å². The number of nitrogens with zero attached hydrogens (tertiary/aromatic N) is 1. The molecule has 0 aliphatic carbocycles. The maximum Gasteiger partial charge on any atom is 0.317 e. The van der Waals surface area contributed by atoms with Crippen LogP contribution in [0.15, 0.2) is 11.1 Å². The lowest BCUT2D eigenvalue weighted by atomic mass is 10.5. The van der Waals surface area contributed by atoms with Gasteiger partial charge in [0.1, 0.15) is 0 Å². The Morgan fingerprint density at radius 3 is 2.50 bits per heavy atom. The zero-order valence-corrected chi connectivity index (χ0v) is 7.39. The zero-order chi connectivity index (χ0) is 8.15. The van der Waals surface area contributed by atoms with Crippen LogP contribution in [0.2, 0.25) is 0 Å². The van der Waals surface area contributed by atoms with Gasteiger partial charge in [0, 0.05) is 11.0 Å². The predicted octanol–water partition coefficient (Wildman–Crippen LogP) is 0.911. The van der Waals surface area contributed by atoms with E-state index in [4.69, 9.17) is 5.11 Å². The number of hydrogen-bond donors (Lipinski definition) is 1. The van der Waals surface area contributed by atoms with E-state index in [1.54, 1.807) is 11.9 Å². The van der Waals surface area contributed by atoms with Crippen molar-refractivity contribution in [2.75, 3.05) is 20.1 Å². The molecule has 0 amide bonds. The van der Waals surface area contributed by atoms with Crippen LogP contribution in [0, 0.1) is 0 Å². The number of aliphatic carboxylic acids is 1. The van der Waals surface area contributed by atoms with E-state index in [2.05, 4.69) is 22.5 Å². The summed E-state index contributed by atoms with van der Waals surface area (Å²) in [4.78, 5) is 11.8. The van der Waals surface area contributed by atoms with Gasteiger partial charge in [-0.1, -0.05) is 22.5 Å². The Kier molecular flexibility index (Phi) is 4.31. The number of halogens is 1. The van der Waals surface area contributed by atoms with Gasteiger partial charge in [-0.05, 0) is 7.05 Å². The van der Waals surface area contributed by atoms with Gasteiger partial charge >= 0.3 is 5.97 Å². The van der Waals surface area contributed by atoms with Crippen molar-refractivity contribution in [3.8, 4) is 0 Å². The van der Waals surface area contributed by atoms with E-state index in [0.29, 0.717) is 6.54 Å². The smallest absolute Gasteiger partial charge is 0.317 e. The molecule has 0 atom stereocenters. The largest absolute Gasteiger partial charge is 0.480 e. The van der Waals surface area contributed by atoms with Crippen LogP contribution in [0.1, 0.15) is 0 Å². The molecule has 0 unspecified atom stereocenters. The Balaban J connectivity index is 3.53. The van der Waals surface area contributed by atoms with Crippen LogP contribution in [-0.2, 0) is 4.79 Å². The quantitative estimate of drug-likeness (QED) is 0.746. The third kappa shape index (κ3) is 5.78. The molecule has 0 aliphatic rings. The molecule has 0 aromatic rings. The molecular formula is C6H10BrNO2. The van der Waals surface area contributed by atoms with Crippen LogP contribution in [0.25, 0.3) is 0 Å². The second-order valence-corrected chi connectivity index (χ2v) is 3.20. The third-order valence-corrected chi connectivity index (χ3v) is 1.10. The highest BCUT2D eigenvalue weighted by Gasteiger charge is 2.03. The molecule has 0 aliphatic heterocycles. The minimum Gasteiger partial charge on any atom is -0.480 e. The van der Waals surface area contributed by atoms with Gasteiger partial charge in [0.15, 0.2) is 0 Å². The van der Waals surface area contributed by atoms with E-state index >= 15 is 0 Å². The molecule has 0 bridgehead atoms. The first-order valence-corrected chi connectivity index (χ1v) is 3.55. The molecule has 3 nitrogen and oxygen atoms in total. The lowest BCUT2D eigenvalue weighted by Gasteiger charge is -2.11. The van der Waals surface area contributed by atoms with Gasteiger partial charge in [-0.3, -0.25) is 9.69 Å². The summed E-state index contributed by atoms with van der Waals surface area (Å²) in [6.45, 7) is 4.19. The maximum absolute atomic E-state index is 10.1. The summed E-state index contributed by atoms with van der Waals surface area (Å²) in [5.74, 6) is -0.823. The molecule has 0 saturated heterocycles. The highest BCUT2D eigenvalue weighted by atomic mass is 79.9. The van der Waals surface area contributed by atoms with Gasteiger partial charge in [-0.25, -0.2) is 0 Å². The molecule has 0 aromatic heterocycles. The van der Waals surface area contributed by atoms with Gasteiger partial charge in [0.2, 0.25) is 0 Å². The fourth-order valence-corrected chi connectivity index (χ4v) is 1.01. The van der Waals surface area contributed by atoms with Crippen LogP contribution in [0.5, 0.6) is 0 Å². The Hall–Kier alpha value is -0.350. The molecule has 58 valence electrons. The third-order valence-electron chi connectivity index (χ3n) is 0.847. The summed E-state index contributed by atoms with van der Waals surface area (Å²) in [5, 5.41) is 8.31. The minimum absolute atomic E-state index is 0.0462. The van der Waals surface area contributed by atoms with E-state index < -0.39 is 5.97 Å². The van der Waals surface area contributed by atoms with E-state index in [9.17, 15) is 4.79 Å². The Morgan fingerprint density at radius 1 is 1.70 bits per heavy atom. The fourth-order valence-electron chi connectivity index (χ4n) is 0.580. The standard InChI is InChI=1S/C6H10BrNO2/c1-5(7)3-8(2)4-6(9)10/h1,3-4H2,2H3,(H,9,10). The van der Waals surface area contributed by atoms with Crippen molar-refractivity contribution >= 4 is 21.9 Å². The lowest BCUT2D eigenvalue weighted by molar-refractivity contribution is -0.137. The zero-order valence-electron chi connectivity index (χ0n) is 5.80. The fraction of sp³-hybridized carbons (Fsp3) is 0.500. The molecule has 10 heavy (non-hydrogen) atoms. The maximum atomic E-state index is 10.1. The van der Waals surface area contributed by atoms with Crippen molar-refractivity contribution in [1.29, 1.82) is 0 Å². The number of carboxylic acid groups (broad SMARTS) is 1. The van der Waals surface area contributed by atoms with Crippen LogP contribution in [-0.4, -0.2) is 36.1 Å². The van der Waals surface area contributed by atoms with Crippen molar-refractivity contribution in [2.24, 2.45) is 0 Å². The Labute approximate surface area is 68.5 Å². The average molecular weight is 208 g/mol. The molecule has 0 saturated carbocycles. The lowest BCUT2D eigenvalue weighted by Crippen LogP contribution is -2.26. The molecule has 0 heterocycles. The van der Waals surface area contributed by atoms with Gasteiger partial charge in [-0.2, -0.15) is 0 Å². The average Bonchev–Trinajstić information content (AvgIpc) is 1.58. The second kappa shape index (κ2) is 4.46. The summed E-state index contributed by atoms with van der Waals surface area (Å²) >= 11 is 3.14. The number of hydrogen-bond acceptors (Lipinski definition) is 2. The molecule has 0 fully saturated rings. The number of carbonyl (C=O) groups is 1. The van der Waals surface area contributed by atoms with Crippen molar-refractivity contribution in [2.45, 2.75) is 0 Å². The molecule has 0 spiro atoms. The molecular weight excluding hydrogens is 198 g/mol. The van der Waals surface area contributed by atoms with Crippen LogP contribution < -0.4 is 0 Å². The topological polar surface area (TPSA) is 40.5 Å². The van der Waals surface area contributed by atoms with Crippen LogP contribution in [0.3, 0.4) is 0 Å². The van der Waals surface area contributed by atoms with Crippen molar-refractivity contribution in [1.82, 2.24) is 4.90 Å². The van der Waals surface area contributed by atoms with Crippen molar-refractivity contribution in [3.63, 3.8) is 0 Å². The SMILES string of the molecule is C=C(Br)CN(C)CC(=O)O. The first-order chi connectivity index (χ1) is 4.52. The summed E-state index contributed by atoms with van der Waals surface area (Å²) in [6.07, 6.45) is 0. The molecule has 0 aromatic carbocycles. The highest BCUT2D eigenvalue weighted by molar-refractivity contribution is 9.11. The van der Waals surface area contributed by atoms with Gasteiger partial charge in [0.25, 0.3) is 0 Å². The molecule has 0 radical (unpaired) electrons. The molecule has 4 heteroatoms. The van der Waals surface area contributed by atoms with Crippen molar-refractivity contribution < 1.29 is 9.90 Å². The molecule has 0 rings (SSSR count). The monoisotopic (exact) mass is 207 g/mol. The van der Waals surface area contributed by atoms with Crippen molar-refractivity contribution in [3.05, 3.63) is 11.1 Å². The summed E-state index contributed by atoms with van der Waals surface area (Å²) in [5.41, 5.74) is 0. The number of carboxylic acids is 1. The first-order valence-electron chi connectivity index (χ1n) is 2.76. The predicted molar refractivity (Wildman–Crippen MR) is 43.2 cm³/mol. The van der Waals surface area contributed by atoms with E-state index in [-0.39, 0.29) is 6.54 Å². The van der Waals surface area contributed by atoms with Crippen LogP contribution >= 0.6 is 15.9 Å². The summed E-state index contributed by atoms with van der Waals surface area (Å²) in [6, 6.07) is 0. The molecule has 1 N–H and O–H groups in total. The summed E-state index contributed by atoms with van der Waals surface area (Å²) < 4.78 is 0.788. The number of likely N-dealkylation sites (N-methyl/N-ethyl adjacent to an activating group) is 1.